The van der Waals surface area contributed by atoms with Gasteiger partial charge in [0.1, 0.15) is 0 Å². The number of hydrogen-bond acceptors (Lipinski definition) is 6. The van der Waals surface area contributed by atoms with Crippen LogP contribution in [0.15, 0.2) is 53.5 Å². The maximum absolute atomic E-state index is 12.4. The van der Waals surface area contributed by atoms with E-state index in [1.54, 1.807) is 48.7 Å². The van der Waals surface area contributed by atoms with Crippen molar-refractivity contribution in [3.8, 4) is 5.82 Å². The van der Waals surface area contributed by atoms with Crippen LogP contribution in [0.25, 0.3) is 5.82 Å². The number of carbonyl (C=O) groups is 1. The van der Waals surface area contributed by atoms with E-state index in [-0.39, 0.29) is 23.9 Å². The van der Waals surface area contributed by atoms with Gasteiger partial charge >= 0.3 is 5.69 Å². The fourth-order valence-corrected chi connectivity index (χ4v) is 3.61. The maximum atomic E-state index is 12.4. The molecule has 2 aromatic heterocycles. The number of amides is 1. The van der Waals surface area contributed by atoms with Crippen LogP contribution in [0.2, 0.25) is 0 Å². The molecule has 9 nitrogen and oxygen atoms in total. The van der Waals surface area contributed by atoms with E-state index in [1.165, 1.54) is 4.68 Å². The van der Waals surface area contributed by atoms with Gasteiger partial charge in [-0.25, -0.2) is 9.78 Å². The van der Waals surface area contributed by atoms with Crippen molar-refractivity contribution in [1.82, 2.24) is 25.1 Å². The summed E-state index contributed by atoms with van der Waals surface area (Å²) in [5.41, 5.74) is 0.798. The molecule has 1 aliphatic rings. The first-order chi connectivity index (χ1) is 14.6. The van der Waals surface area contributed by atoms with Gasteiger partial charge in [0.05, 0.1) is 6.10 Å². The minimum atomic E-state index is -0.405. The van der Waals surface area contributed by atoms with Gasteiger partial charge in [0.2, 0.25) is 5.95 Å². The molecule has 1 aliphatic carbocycles. The Morgan fingerprint density at radius 3 is 2.70 bits per heavy atom. The summed E-state index contributed by atoms with van der Waals surface area (Å²) < 4.78 is 1.17. The van der Waals surface area contributed by atoms with Crippen LogP contribution in [0.5, 0.6) is 0 Å². The highest BCUT2D eigenvalue weighted by Gasteiger charge is 2.23. The quantitative estimate of drug-likeness (QED) is 0.494. The van der Waals surface area contributed by atoms with Crippen LogP contribution >= 0.6 is 0 Å². The lowest BCUT2D eigenvalue weighted by Crippen LogP contribution is -2.36. The third-order valence-corrected chi connectivity index (χ3v) is 5.29. The van der Waals surface area contributed by atoms with Crippen molar-refractivity contribution < 1.29 is 9.90 Å². The van der Waals surface area contributed by atoms with Gasteiger partial charge in [-0.15, -0.1) is 5.10 Å². The van der Waals surface area contributed by atoms with Gasteiger partial charge in [0, 0.05) is 29.9 Å². The van der Waals surface area contributed by atoms with Crippen molar-refractivity contribution in [2.24, 2.45) is 5.92 Å². The number of aliphatic hydroxyl groups is 1. The van der Waals surface area contributed by atoms with Gasteiger partial charge in [-0.05, 0) is 49.2 Å². The zero-order chi connectivity index (χ0) is 20.9. The van der Waals surface area contributed by atoms with E-state index in [2.05, 4.69) is 25.7 Å². The molecule has 2 atom stereocenters. The van der Waals surface area contributed by atoms with E-state index in [1.807, 2.05) is 0 Å². The van der Waals surface area contributed by atoms with Crippen molar-refractivity contribution in [2.75, 3.05) is 11.9 Å². The van der Waals surface area contributed by atoms with E-state index in [4.69, 9.17) is 0 Å². The normalized spacial score (nSPS) is 18.7. The van der Waals surface area contributed by atoms with Gasteiger partial charge < -0.3 is 15.7 Å². The van der Waals surface area contributed by atoms with E-state index in [0.717, 1.165) is 25.7 Å². The zero-order valence-corrected chi connectivity index (χ0v) is 16.4. The molecule has 1 amide bonds. The molecule has 0 saturated heterocycles. The molecule has 2 heterocycles. The standard InChI is InChI=1S/C21H24N6O3/c28-17-6-2-1-5-15(17)13-23-19(29)14-8-10-16(11-9-14)24-20-25-21(30)27(26-20)18-7-3-4-12-22-18/h3-4,7-12,15,17,28H,1-2,5-6,13H2,(H,23,29)(H2,24,25,26,30)/t15-,17-/m1/s1. The third kappa shape index (κ3) is 4.57. The van der Waals surface area contributed by atoms with Crippen molar-refractivity contribution >= 4 is 17.5 Å². The molecule has 0 radical (unpaired) electrons. The predicted octanol–water partition coefficient (Wildman–Crippen LogP) is 1.98. The molecule has 156 valence electrons. The molecule has 4 N–H and O–H groups in total. The zero-order valence-electron chi connectivity index (χ0n) is 16.4. The van der Waals surface area contributed by atoms with Crippen molar-refractivity contribution in [3.63, 3.8) is 0 Å². The molecule has 1 saturated carbocycles. The monoisotopic (exact) mass is 408 g/mol. The number of aliphatic hydroxyl groups excluding tert-OH is 1. The Morgan fingerprint density at radius 2 is 1.97 bits per heavy atom. The minimum Gasteiger partial charge on any atom is -0.393 e. The average molecular weight is 408 g/mol. The van der Waals surface area contributed by atoms with E-state index >= 15 is 0 Å². The van der Waals surface area contributed by atoms with Crippen LogP contribution < -0.4 is 16.3 Å². The molecule has 9 heteroatoms. The largest absolute Gasteiger partial charge is 0.393 e. The van der Waals surface area contributed by atoms with Crippen LogP contribution in [0.3, 0.4) is 0 Å². The van der Waals surface area contributed by atoms with Gasteiger partial charge in [0.25, 0.3) is 5.91 Å². The lowest BCUT2D eigenvalue weighted by atomic mass is 9.86. The number of aromatic amines is 1. The van der Waals surface area contributed by atoms with E-state index < -0.39 is 5.69 Å². The van der Waals surface area contributed by atoms with Crippen LogP contribution in [0.1, 0.15) is 36.0 Å². The summed E-state index contributed by atoms with van der Waals surface area (Å²) in [4.78, 5) is 31.2. The Morgan fingerprint density at radius 1 is 1.17 bits per heavy atom. The first-order valence-corrected chi connectivity index (χ1v) is 10.0. The summed E-state index contributed by atoms with van der Waals surface area (Å²) in [7, 11) is 0. The molecule has 4 rings (SSSR count). The highest BCUT2D eigenvalue weighted by molar-refractivity contribution is 5.94. The van der Waals surface area contributed by atoms with Crippen LogP contribution in [0.4, 0.5) is 11.6 Å². The Hall–Kier alpha value is -3.46. The highest BCUT2D eigenvalue weighted by atomic mass is 16.3. The lowest BCUT2D eigenvalue weighted by molar-refractivity contribution is 0.0663. The predicted molar refractivity (Wildman–Crippen MR) is 112 cm³/mol. The smallest absolute Gasteiger partial charge is 0.350 e. The Balaban J connectivity index is 1.37. The molecular formula is C21H24N6O3. The van der Waals surface area contributed by atoms with Crippen molar-refractivity contribution in [1.29, 1.82) is 0 Å². The molecular weight excluding hydrogens is 384 g/mol. The Labute approximate surface area is 173 Å². The minimum absolute atomic E-state index is 0.120. The average Bonchev–Trinajstić information content (AvgIpc) is 3.14. The summed E-state index contributed by atoms with van der Waals surface area (Å²) in [6.45, 7) is 0.478. The second-order valence-electron chi connectivity index (χ2n) is 7.40. The third-order valence-electron chi connectivity index (χ3n) is 5.29. The second kappa shape index (κ2) is 8.91. The van der Waals surface area contributed by atoms with Gasteiger partial charge in [-0.1, -0.05) is 18.9 Å². The first kappa shape index (κ1) is 19.8. The lowest BCUT2D eigenvalue weighted by Gasteiger charge is -2.27. The highest BCUT2D eigenvalue weighted by Crippen LogP contribution is 2.23. The molecule has 1 fully saturated rings. The summed E-state index contributed by atoms with van der Waals surface area (Å²) in [5.74, 6) is 0.637. The van der Waals surface area contributed by atoms with Crippen molar-refractivity contribution in [3.05, 3.63) is 64.7 Å². The van der Waals surface area contributed by atoms with Crippen LogP contribution in [-0.2, 0) is 0 Å². The summed E-state index contributed by atoms with van der Waals surface area (Å²) in [6, 6.07) is 12.1. The number of hydrogen-bond donors (Lipinski definition) is 4. The number of pyridine rings is 1. The fourth-order valence-electron chi connectivity index (χ4n) is 3.61. The van der Waals surface area contributed by atoms with Gasteiger partial charge in [-0.3, -0.25) is 9.78 Å². The summed E-state index contributed by atoms with van der Waals surface area (Å²) >= 11 is 0. The van der Waals surface area contributed by atoms with Gasteiger partial charge in [-0.2, -0.15) is 4.68 Å². The topological polar surface area (TPSA) is 125 Å². The Kier molecular flexibility index (Phi) is 5.89. The molecule has 1 aromatic carbocycles. The fraction of sp³-hybridized carbons (Fsp3) is 0.333. The number of aromatic nitrogens is 4. The van der Waals surface area contributed by atoms with E-state index in [9.17, 15) is 14.7 Å². The summed E-state index contributed by atoms with van der Waals surface area (Å²) in [6.07, 6.45) is 5.13. The number of benzene rings is 1. The number of carbonyl (C=O) groups excluding carboxylic acids is 1. The van der Waals surface area contributed by atoms with Crippen LogP contribution in [0, 0.1) is 5.92 Å². The number of nitrogens with one attached hydrogen (secondary N) is 3. The molecule has 0 spiro atoms. The SMILES string of the molecule is O=C(NC[C@H]1CCCC[C@H]1O)c1ccc(Nc2nn(-c3ccccn3)c(=O)[nH]2)cc1. The maximum Gasteiger partial charge on any atom is 0.350 e. The molecule has 0 bridgehead atoms. The second-order valence-corrected chi connectivity index (χ2v) is 7.40. The molecule has 0 unspecified atom stereocenters. The molecule has 30 heavy (non-hydrogen) atoms. The number of rotatable bonds is 6. The van der Waals surface area contributed by atoms with Crippen molar-refractivity contribution in [2.45, 2.75) is 31.8 Å². The summed E-state index contributed by atoms with van der Waals surface area (Å²) in [5, 5.41) is 20.1. The van der Waals surface area contributed by atoms with E-state index in [0.29, 0.717) is 23.6 Å². The number of anilines is 2. The molecule has 0 aliphatic heterocycles. The Bertz CT molecular complexity index is 1040. The van der Waals surface area contributed by atoms with Gasteiger partial charge in [0.15, 0.2) is 5.82 Å². The number of nitrogens with zero attached hydrogens (tertiary/aromatic N) is 3. The molecule has 3 aromatic rings. The van der Waals surface area contributed by atoms with Crippen LogP contribution in [-0.4, -0.2) is 43.4 Å². The first-order valence-electron chi connectivity index (χ1n) is 10.0. The number of H-pyrrole nitrogens is 1.